The highest BCUT2D eigenvalue weighted by atomic mass is 14.7. The van der Waals surface area contributed by atoms with Gasteiger partial charge >= 0.3 is 0 Å². The van der Waals surface area contributed by atoms with Gasteiger partial charge in [-0.2, -0.15) is 0 Å². The molecule has 0 atom stereocenters. The van der Waals surface area contributed by atoms with Gasteiger partial charge in [0.2, 0.25) is 0 Å². The molecule has 0 saturated heterocycles. The van der Waals surface area contributed by atoms with Gasteiger partial charge in [0.25, 0.3) is 0 Å². The molecule has 0 bridgehead atoms. The zero-order valence-electron chi connectivity index (χ0n) is 9.61. The fraction of sp³-hybridized carbons (Fsp3) is 0.0714. The summed E-state index contributed by atoms with van der Waals surface area (Å²) in [4.78, 5) is 7.08. The lowest BCUT2D eigenvalue weighted by atomic mass is 9.96. The second-order valence-electron chi connectivity index (χ2n) is 3.91. The molecule has 3 heteroatoms. The number of benzene rings is 1. The number of hydrogen-bond donors (Lipinski definition) is 1. The molecule has 1 heterocycles. The Labute approximate surface area is 102 Å². The molecule has 0 saturated carbocycles. The van der Waals surface area contributed by atoms with E-state index >= 15 is 0 Å². The van der Waals surface area contributed by atoms with Gasteiger partial charge in [0, 0.05) is 23.8 Å². The minimum atomic E-state index is 0.761. The van der Waals surface area contributed by atoms with Crippen molar-refractivity contribution in [3.8, 4) is 0 Å². The third-order valence-corrected chi connectivity index (χ3v) is 2.62. The maximum atomic E-state index is 5.74. The number of hydrogen-bond acceptors (Lipinski definition) is 1. The lowest BCUT2D eigenvalue weighted by Gasteiger charge is -1.97. The van der Waals surface area contributed by atoms with Crippen molar-refractivity contribution in [3.63, 3.8) is 0 Å². The highest BCUT2D eigenvalue weighted by Crippen LogP contribution is 2.16. The van der Waals surface area contributed by atoms with E-state index in [2.05, 4.69) is 29.3 Å². The Morgan fingerprint density at radius 1 is 1.41 bits per heavy atom. The van der Waals surface area contributed by atoms with Gasteiger partial charge in [0.15, 0.2) is 0 Å². The highest BCUT2D eigenvalue weighted by Gasteiger charge is 2.02. The monoisotopic (exact) mass is 220 g/mol. The molecule has 0 aliphatic carbocycles. The van der Waals surface area contributed by atoms with Gasteiger partial charge in [0.05, 0.1) is 0 Å². The van der Waals surface area contributed by atoms with Crippen molar-refractivity contribution in [2.24, 2.45) is 4.99 Å². The molecule has 0 amide bonds. The zero-order chi connectivity index (χ0) is 12.3. The summed E-state index contributed by atoms with van der Waals surface area (Å²) in [6.07, 6.45) is 4.26. The van der Waals surface area contributed by atoms with E-state index in [9.17, 15) is 0 Å². The van der Waals surface area contributed by atoms with Crippen molar-refractivity contribution in [2.75, 3.05) is 0 Å². The molecule has 1 aromatic carbocycles. The molecule has 2 aromatic rings. The first-order valence-electron chi connectivity index (χ1n) is 5.37. The van der Waals surface area contributed by atoms with Crippen LogP contribution in [0.25, 0.3) is 10.9 Å². The van der Waals surface area contributed by atoms with E-state index < -0.39 is 0 Å². The second-order valence-corrected chi connectivity index (χ2v) is 3.91. The molecule has 0 spiro atoms. The van der Waals surface area contributed by atoms with Gasteiger partial charge in [-0.3, -0.25) is 4.99 Å². The van der Waals surface area contributed by atoms with Crippen molar-refractivity contribution in [1.82, 2.24) is 4.98 Å². The predicted octanol–water partition coefficient (Wildman–Crippen LogP) is 2.27. The number of allylic oxidation sites excluding steroid dienone is 2. The minimum Gasteiger partial charge on any atom is -0.358 e. The molecule has 17 heavy (non-hydrogen) atoms. The van der Waals surface area contributed by atoms with Crippen LogP contribution in [0.3, 0.4) is 0 Å². The zero-order valence-corrected chi connectivity index (χ0v) is 9.61. The van der Waals surface area contributed by atoms with Crippen LogP contribution in [0.2, 0.25) is 0 Å². The van der Waals surface area contributed by atoms with E-state index in [1.807, 2.05) is 18.2 Å². The lowest BCUT2D eigenvalue weighted by molar-refractivity contribution is 1.11. The maximum Gasteiger partial charge on any atom is 0.113 e. The molecule has 0 unspecified atom stereocenters. The van der Waals surface area contributed by atoms with E-state index in [0.29, 0.717) is 0 Å². The van der Waals surface area contributed by atoms with E-state index in [-0.39, 0.29) is 0 Å². The Morgan fingerprint density at radius 2 is 2.24 bits per heavy atom. The third kappa shape index (κ3) is 2.56. The first-order chi connectivity index (χ1) is 8.22. The summed E-state index contributed by atoms with van der Waals surface area (Å²) in [5.41, 5.74) is 3.95. The normalized spacial score (nSPS) is 11.6. The van der Waals surface area contributed by atoms with E-state index in [0.717, 1.165) is 34.1 Å². The molecule has 0 aliphatic rings. The van der Waals surface area contributed by atoms with Crippen LogP contribution in [-0.4, -0.2) is 19.5 Å². The largest absolute Gasteiger partial charge is 0.358 e. The summed E-state index contributed by atoms with van der Waals surface area (Å²) in [5, 5.41) is 1.16. The number of H-pyrrole nitrogens is 1. The van der Waals surface area contributed by atoms with Crippen LogP contribution in [0, 0.1) is 0 Å². The number of rotatable bonds is 4. The maximum absolute atomic E-state index is 5.74. The predicted molar refractivity (Wildman–Crippen MR) is 75.2 cm³/mol. The molecule has 82 valence electrons. The summed E-state index contributed by atoms with van der Waals surface area (Å²) in [5.74, 6) is 0. The van der Waals surface area contributed by atoms with E-state index in [1.54, 1.807) is 12.3 Å². The van der Waals surface area contributed by atoms with Crippen LogP contribution in [0.1, 0.15) is 5.69 Å². The molecule has 0 aliphatic heterocycles. The molecule has 0 fully saturated rings. The average molecular weight is 220 g/mol. The fourth-order valence-electron chi connectivity index (χ4n) is 1.81. The van der Waals surface area contributed by atoms with E-state index in [1.165, 1.54) is 0 Å². The van der Waals surface area contributed by atoms with E-state index in [4.69, 9.17) is 7.85 Å². The van der Waals surface area contributed by atoms with Gasteiger partial charge in [-0.1, -0.05) is 30.3 Å². The molecule has 2 radical (unpaired) electrons. The first-order valence-corrected chi connectivity index (χ1v) is 5.37. The average Bonchev–Trinajstić information content (AvgIpc) is 2.69. The summed E-state index contributed by atoms with van der Waals surface area (Å²) in [6, 6.07) is 7.94. The van der Waals surface area contributed by atoms with Crippen LogP contribution in [0.5, 0.6) is 0 Å². The quantitative estimate of drug-likeness (QED) is 0.465. The summed E-state index contributed by atoms with van der Waals surface area (Å²) in [6.45, 7) is 7.20. The minimum absolute atomic E-state index is 0.761. The van der Waals surface area contributed by atoms with Crippen molar-refractivity contribution in [1.29, 1.82) is 0 Å². The van der Waals surface area contributed by atoms with Crippen molar-refractivity contribution in [3.05, 3.63) is 54.4 Å². The topological polar surface area (TPSA) is 28.1 Å². The number of fused-ring (bicyclic) bond motifs is 1. The molecule has 1 N–H and O–H groups in total. The SMILES string of the molecule is [B]c1ccc2cc(C/C(C=C)=C/N=C)[nH]c2c1. The van der Waals surface area contributed by atoms with Crippen LogP contribution in [0.15, 0.2) is 53.7 Å². The summed E-state index contributed by atoms with van der Waals surface area (Å²) >= 11 is 0. The molecule has 2 nitrogen and oxygen atoms in total. The van der Waals surface area contributed by atoms with Crippen LogP contribution in [-0.2, 0) is 6.42 Å². The Kier molecular flexibility index (Phi) is 3.28. The van der Waals surface area contributed by atoms with Gasteiger partial charge in [-0.25, -0.2) is 0 Å². The van der Waals surface area contributed by atoms with Crippen molar-refractivity contribution >= 4 is 30.9 Å². The van der Waals surface area contributed by atoms with Crippen molar-refractivity contribution in [2.45, 2.75) is 6.42 Å². The second kappa shape index (κ2) is 4.87. The Balaban J connectivity index is 2.33. The fourth-order valence-corrected chi connectivity index (χ4v) is 1.81. The molecule has 1 aromatic heterocycles. The van der Waals surface area contributed by atoms with Crippen LogP contribution in [0.4, 0.5) is 0 Å². The summed E-state index contributed by atoms with van der Waals surface area (Å²) < 4.78 is 0. The van der Waals surface area contributed by atoms with Crippen molar-refractivity contribution < 1.29 is 0 Å². The number of aromatic nitrogens is 1. The van der Waals surface area contributed by atoms with Crippen LogP contribution >= 0.6 is 0 Å². The van der Waals surface area contributed by atoms with Gasteiger partial charge in [-0.05, 0) is 29.8 Å². The summed E-state index contributed by atoms with van der Waals surface area (Å²) in [7, 11) is 5.74. The van der Waals surface area contributed by atoms with Gasteiger partial charge in [-0.15, -0.1) is 0 Å². The first kappa shape index (κ1) is 11.5. The lowest BCUT2D eigenvalue weighted by Crippen LogP contribution is -1.99. The molecular formula is C14H13BN2. The Hall–Kier alpha value is -2.03. The Morgan fingerprint density at radius 3 is 2.94 bits per heavy atom. The number of nitrogens with one attached hydrogen (secondary N) is 1. The molecular weight excluding hydrogens is 207 g/mol. The number of aliphatic imine (C=N–C) groups is 1. The van der Waals surface area contributed by atoms with Gasteiger partial charge < -0.3 is 4.98 Å². The number of nitrogens with zero attached hydrogens (tertiary/aromatic N) is 1. The van der Waals surface area contributed by atoms with Crippen LogP contribution < -0.4 is 5.46 Å². The Bertz CT molecular complexity index is 593. The highest BCUT2D eigenvalue weighted by molar-refractivity contribution is 6.33. The smallest absolute Gasteiger partial charge is 0.113 e. The van der Waals surface area contributed by atoms with Gasteiger partial charge in [0.1, 0.15) is 7.85 Å². The molecule has 2 rings (SSSR count). The standard InChI is InChI=1S/C14H13BN2/c1-3-10(9-16-2)6-13-7-11-4-5-12(15)8-14(11)17-13/h3-5,7-9,17H,1-2,6H2/b10-9+. The third-order valence-electron chi connectivity index (χ3n) is 2.62. The number of aromatic amines is 1.